The number of nitrogens with two attached hydrogens (primary N) is 1. The van der Waals surface area contributed by atoms with E-state index < -0.39 is 0 Å². The minimum Gasteiger partial charge on any atom is -0.406 e. The summed E-state index contributed by atoms with van der Waals surface area (Å²) in [7, 11) is 1.76. The van der Waals surface area contributed by atoms with Crippen molar-refractivity contribution < 1.29 is 9.15 Å². The number of rotatable bonds is 8. The van der Waals surface area contributed by atoms with Crippen LogP contribution in [0.15, 0.2) is 34.7 Å². The van der Waals surface area contributed by atoms with Crippen molar-refractivity contribution in [3.63, 3.8) is 0 Å². The highest BCUT2D eigenvalue weighted by molar-refractivity contribution is 5.85. The number of hydrogen-bond donors (Lipinski definition) is 2. The van der Waals surface area contributed by atoms with Crippen LogP contribution in [-0.2, 0) is 11.2 Å². The first kappa shape index (κ1) is 19.7. The molecule has 25 heavy (non-hydrogen) atoms. The number of nitrogens with zero attached hydrogens (tertiary/aromatic N) is 2. The lowest BCUT2D eigenvalue weighted by molar-refractivity contribution is 0.0919. The Labute approximate surface area is 154 Å². The van der Waals surface area contributed by atoms with Gasteiger partial charge in [0, 0.05) is 19.1 Å². The maximum atomic E-state index is 6.19. The van der Waals surface area contributed by atoms with E-state index in [-0.39, 0.29) is 23.9 Å². The average molecular weight is 367 g/mol. The molecule has 7 heteroatoms. The van der Waals surface area contributed by atoms with E-state index in [9.17, 15) is 0 Å². The van der Waals surface area contributed by atoms with E-state index in [4.69, 9.17) is 14.9 Å². The van der Waals surface area contributed by atoms with E-state index in [0.29, 0.717) is 18.3 Å². The zero-order chi connectivity index (χ0) is 16.8. The predicted octanol–water partition coefficient (Wildman–Crippen LogP) is 3.35. The molecule has 0 amide bonds. The number of nitrogens with one attached hydrogen (secondary N) is 1. The van der Waals surface area contributed by atoms with Crippen LogP contribution in [0.4, 0.5) is 6.01 Å². The van der Waals surface area contributed by atoms with E-state index in [1.165, 1.54) is 25.7 Å². The van der Waals surface area contributed by atoms with Crippen molar-refractivity contribution in [2.75, 3.05) is 25.6 Å². The van der Waals surface area contributed by atoms with Crippen LogP contribution in [0.1, 0.15) is 43.2 Å². The van der Waals surface area contributed by atoms with E-state index in [0.717, 1.165) is 18.7 Å². The van der Waals surface area contributed by atoms with E-state index in [1.807, 2.05) is 30.3 Å². The molecule has 2 aromatic rings. The maximum Gasteiger partial charge on any atom is 0.315 e. The molecule has 1 saturated carbocycles. The monoisotopic (exact) mass is 366 g/mol. The second kappa shape index (κ2) is 9.17. The van der Waals surface area contributed by atoms with Crippen LogP contribution >= 0.6 is 12.4 Å². The highest BCUT2D eigenvalue weighted by Gasteiger charge is 2.34. The lowest BCUT2D eigenvalue weighted by atomic mass is 9.87. The lowest BCUT2D eigenvalue weighted by Crippen LogP contribution is -2.31. The summed E-state index contributed by atoms with van der Waals surface area (Å²) in [6, 6.07) is 10.2. The molecular weight excluding hydrogens is 340 g/mol. The summed E-state index contributed by atoms with van der Waals surface area (Å²) < 4.78 is 11.1. The van der Waals surface area contributed by atoms with Crippen LogP contribution in [0.3, 0.4) is 0 Å². The van der Waals surface area contributed by atoms with Crippen LogP contribution in [0.25, 0.3) is 0 Å². The van der Waals surface area contributed by atoms with Crippen LogP contribution in [0.5, 0.6) is 0 Å². The lowest BCUT2D eigenvalue weighted by Gasteiger charge is -2.27. The smallest absolute Gasteiger partial charge is 0.315 e. The molecule has 0 aliphatic heterocycles. The minimum atomic E-state index is -0.296. The molecule has 138 valence electrons. The molecule has 0 saturated heterocycles. The van der Waals surface area contributed by atoms with Gasteiger partial charge in [-0.2, -0.15) is 0 Å². The molecule has 0 radical (unpaired) electrons. The van der Waals surface area contributed by atoms with Crippen molar-refractivity contribution >= 4 is 18.4 Å². The van der Waals surface area contributed by atoms with Gasteiger partial charge in [-0.05, 0) is 24.8 Å². The van der Waals surface area contributed by atoms with E-state index in [2.05, 4.69) is 15.5 Å². The molecule has 1 atom stereocenters. The molecule has 3 rings (SSSR count). The summed E-state index contributed by atoms with van der Waals surface area (Å²) >= 11 is 0. The summed E-state index contributed by atoms with van der Waals surface area (Å²) in [5, 5.41) is 11.4. The Hall–Kier alpha value is -1.63. The first-order valence-corrected chi connectivity index (χ1v) is 8.56. The van der Waals surface area contributed by atoms with Crippen LogP contribution in [0, 0.1) is 5.41 Å². The molecule has 1 aliphatic carbocycles. The summed E-state index contributed by atoms with van der Waals surface area (Å²) in [5.74, 6) is 0.466. The predicted molar refractivity (Wildman–Crippen MR) is 99.9 cm³/mol. The Balaban J connectivity index is 0.00000225. The Morgan fingerprint density at radius 3 is 2.64 bits per heavy atom. The molecule has 6 nitrogen and oxygen atoms in total. The fourth-order valence-corrected chi connectivity index (χ4v) is 3.48. The fraction of sp³-hybridized carbons (Fsp3) is 0.556. The zero-order valence-corrected chi connectivity index (χ0v) is 15.4. The number of ether oxygens (including phenoxy) is 1. The molecule has 0 unspecified atom stereocenters. The van der Waals surface area contributed by atoms with Gasteiger partial charge in [-0.3, -0.25) is 0 Å². The van der Waals surface area contributed by atoms with Crippen molar-refractivity contribution in [2.24, 2.45) is 11.1 Å². The van der Waals surface area contributed by atoms with Gasteiger partial charge in [-0.15, -0.1) is 17.5 Å². The number of anilines is 1. The van der Waals surface area contributed by atoms with Gasteiger partial charge in [0.05, 0.1) is 12.6 Å². The molecule has 1 heterocycles. The van der Waals surface area contributed by atoms with Gasteiger partial charge in [-0.25, -0.2) is 0 Å². The largest absolute Gasteiger partial charge is 0.406 e. The highest BCUT2D eigenvalue weighted by Crippen LogP contribution is 2.38. The molecular formula is C18H27ClN4O2. The van der Waals surface area contributed by atoms with Gasteiger partial charge in [0.15, 0.2) is 0 Å². The molecule has 1 fully saturated rings. The van der Waals surface area contributed by atoms with Crippen LogP contribution < -0.4 is 11.1 Å². The van der Waals surface area contributed by atoms with Gasteiger partial charge in [-0.1, -0.05) is 48.3 Å². The summed E-state index contributed by atoms with van der Waals surface area (Å²) in [5.41, 5.74) is 7.52. The summed E-state index contributed by atoms with van der Waals surface area (Å²) in [6.07, 6.45) is 5.52. The normalized spacial score (nSPS) is 17.0. The third kappa shape index (κ3) is 5.17. The Morgan fingerprint density at radius 2 is 1.96 bits per heavy atom. The Bertz CT molecular complexity index is 629. The van der Waals surface area contributed by atoms with E-state index >= 15 is 0 Å². The number of methoxy groups -OCH3 is 1. The fourth-order valence-electron chi connectivity index (χ4n) is 3.48. The number of hydrogen-bond acceptors (Lipinski definition) is 6. The second-order valence-corrected chi connectivity index (χ2v) is 6.74. The number of benzene rings is 1. The summed E-state index contributed by atoms with van der Waals surface area (Å²) in [4.78, 5) is 0. The molecule has 1 aliphatic rings. The van der Waals surface area contributed by atoms with Crippen LogP contribution in [-0.4, -0.2) is 30.5 Å². The van der Waals surface area contributed by atoms with Gasteiger partial charge in [0.2, 0.25) is 5.89 Å². The topological polar surface area (TPSA) is 86.2 Å². The van der Waals surface area contributed by atoms with Crippen molar-refractivity contribution in [3.8, 4) is 0 Å². The van der Waals surface area contributed by atoms with Gasteiger partial charge in [0.25, 0.3) is 0 Å². The van der Waals surface area contributed by atoms with Gasteiger partial charge < -0.3 is 20.2 Å². The van der Waals surface area contributed by atoms with Crippen molar-refractivity contribution in [3.05, 3.63) is 41.8 Å². The standard InChI is InChI=1S/C18H26N4O2.ClH/c1-23-13-18(9-5-6-10-18)12-20-17-22-21-16(24-17)15(19)11-14-7-3-2-4-8-14;/h2-4,7-8,15H,5-6,9-13,19H2,1H3,(H,20,22);1H/t15-;/m1./s1. The molecule has 1 aromatic heterocycles. The number of halogens is 1. The second-order valence-electron chi connectivity index (χ2n) is 6.74. The third-order valence-corrected chi connectivity index (χ3v) is 4.79. The molecule has 3 N–H and O–H groups in total. The summed E-state index contributed by atoms with van der Waals surface area (Å²) in [6.45, 7) is 1.55. The van der Waals surface area contributed by atoms with Gasteiger partial charge in [0.1, 0.15) is 0 Å². The Morgan fingerprint density at radius 1 is 1.24 bits per heavy atom. The van der Waals surface area contributed by atoms with Crippen LogP contribution in [0.2, 0.25) is 0 Å². The van der Waals surface area contributed by atoms with Gasteiger partial charge >= 0.3 is 6.01 Å². The maximum absolute atomic E-state index is 6.19. The van der Waals surface area contributed by atoms with Crippen molar-refractivity contribution in [1.29, 1.82) is 0 Å². The minimum absolute atomic E-state index is 0. The molecule has 0 bridgehead atoms. The zero-order valence-electron chi connectivity index (χ0n) is 14.6. The van der Waals surface area contributed by atoms with Crippen molar-refractivity contribution in [2.45, 2.75) is 38.1 Å². The molecule has 0 spiro atoms. The van der Waals surface area contributed by atoms with Crippen molar-refractivity contribution in [1.82, 2.24) is 10.2 Å². The average Bonchev–Trinajstić information content (AvgIpc) is 3.24. The highest BCUT2D eigenvalue weighted by atomic mass is 35.5. The van der Waals surface area contributed by atoms with E-state index in [1.54, 1.807) is 7.11 Å². The molecule has 1 aromatic carbocycles. The Kier molecular flexibility index (Phi) is 7.23. The third-order valence-electron chi connectivity index (χ3n) is 4.79. The first-order valence-electron chi connectivity index (χ1n) is 8.56. The first-order chi connectivity index (χ1) is 11.7. The quantitative estimate of drug-likeness (QED) is 0.745. The SMILES string of the molecule is COCC1(CNc2nnc([C@H](N)Cc3ccccc3)o2)CCCC1.Cl. The number of aromatic nitrogens is 2.